The van der Waals surface area contributed by atoms with Crippen molar-refractivity contribution in [3.8, 4) is 0 Å². The van der Waals surface area contributed by atoms with Gasteiger partial charge in [-0.05, 0) is 31.2 Å². The van der Waals surface area contributed by atoms with Crippen molar-refractivity contribution in [3.63, 3.8) is 0 Å². The second-order valence-corrected chi connectivity index (χ2v) is 5.88. The molecule has 4 N–H and O–H groups in total. The van der Waals surface area contributed by atoms with Gasteiger partial charge in [0.15, 0.2) is 0 Å². The zero-order valence-electron chi connectivity index (χ0n) is 10.9. The average Bonchev–Trinajstić information content (AvgIpc) is 3.01. The lowest BCUT2D eigenvalue weighted by atomic mass is 10.2. The molecule has 2 aromatic heterocycles. The van der Waals surface area contributed by atoms with Crippen LogP contribution in [0.4, 0.5) is 5.69 Å². The fourth-order valence-electron chi connectivity index (χ4n) is 2.02. The van der Waals surface area contributed by atoms with Crippen LogP contribution in [0.3, 0.4) is 0 Å². The summed E-state index contributed by atoms with van der Waals surface area (Å²) in [4.78, 5) is 20.4. The van der Waals surface area contributed by atoms with E-state index in [0.717, 1.165) is 20.8 Å². The van der Waals surface area contributed by atoms with E-state index >= 15 is 0 Å². The number of carbonyl (C=O) groups is 1. The van der Waals surface area contributed by atoms with Crippen LogP contribution in [0.25, 0.3) is 10.9 Å². The minimum Gasteiger partial charge on any atom is -0.399 e. The molecular weight excluding hydrogens is 272 g/mol. The maximum Gasteiger partial charge on any atom is 0.268 e. The first-order valence-corrected chi connectivity index (χ1v) is 7.01. The second-order valence-electron chi connectivity index (χ2n) is 4.56. The normalized spacial score (nSPS) is 10.8. The maximum absolute atomic E-state index is 12.1. The van der Waals surface area contributed by atoms with Crippen LogP contribution in [0.15, 0.2) is 30.5 Å². The van der Waals surface area contributed by atoms with Gasteiger partial charge in [0.05, 0.1) is 11.6 Å². The van der Waals surface area contributed by atoms with Crippen molar-refractivity contribution in [2.24, 2.45) is 0 Å². The number of aromatic amines is 1. The lowest BCUT2D eigenvalue weighted by Gasteiger charge is -2.00. The van der Waals surface area contributed by atoms with Gasteiger partial charge in [-0.3, -0.25) is 4.79 Å². The van der Waals surface area contributed by atoms with E-state index in [9.17, 15) is 4.79 Å². The van der Waals surface area contributed by atoms with E-state index in [1.807, 2.05) is 19.1 Å². The van der Waals surface area contributed by atoms with Crippen LogP contribution < -0.4 is 11.1 Å². The Labute approximate surface area is 119 Å². The van der Waals surface area contributed by atoms with Crippen molar-refractivity contribution in [1.29, 1.82) is 0 Å². The van der Waals surface area contributed by atoms with E-state index in [4.69, 9.17) is 5.73 Å². The number of carbonyl (C=O) groups excluding carboxylic acids is 1. The highest BCUT2D eigenvalue weighted by atomic mass is 32.1. The molecule has 102 valence electrons. The number of benzene rings is 1. The fourth-order valence-corrected chi connectivity index (χ4v) is 2.76. The Morgan fingerprint density at radius 3 is 3.05 bits per heavy atom. The number of amides is 1. The molecule has 0 unspecified atom stereocenters. The summed E-state index contributed by atoms with van der Waals surface area (Å²) in [5.74, 6) is -0.133. The quantitative estimate of drug-likeness (QED) is 0.647. The number of aromatic nitrogens is 2. The van der Waals surface area contributed by atoms with Gasteiger partial charge in [-0.1, -0.05) is 0 Å². The maximum atomic E-state index is 12.1. The zero-order chi connectivity index (χ0) is 14.1. The van der Waals surface area contributed by atoms with Crippen molar-refractivity contribution in [2.75, 3.05) is 5.73 Å². The molecule has 0 fully saturated rings. The van der Waals surface area contributed by atoms with Gasteiger partial charge in [0.2, 0.25) is 0 Å². The van der Waals surface area contributed by atoms with E-state index in [0.29, 0.717) is 17.9 Å². The predicted molar refractivity (Wildman–Crippen MR) is 80.7 cm³/mol. The van der Waals surface area contributed by atoms with E-state index in [1.165, 1.54) is 0 Å². The summed E-state index contributed by atoms with van der Waals surface area (Å²) < 4.78 is 0. The Bertz CT molecular complexity index is 774. The Balaban J connectivity index is 1.75. The minimum atomic E-state index is -0.133. The number of hydrogen-bond donors (Lipinski definition) is 3. The van der Waals surface area contributed by atoms with Crippen molar-refractivity contribution in [1.82, 2.24) is 15.3 Å². The fraction of sp³-hybridized carbons (Fsp3) is 0.143. The van der Waals surface area contributed by atoms with Crippen LogP contribution in [-0.4, -0.2) is 15.9 Å². The van der Waals surface area contributed by atoms with E-state index in [-0.39, 0.29) is 5.91 Å². The van der Waals surface area contributed by atoms with Crippen LogP contribution in [0.5, 0.6) is 0 Å². The average molecular weight is 286 g/mol. The minimum absolute atomic E-state index is 0.133. The molecule has 0 saturated heterocycles. The van der Waals surface area contributed by atoms with Gasteiger partial charge in [0, 0.05) is 27.7 Å². The Kier molecular flexibility index (Phi) is 3.15. The van der Waals surface area contributed by atoms with Crippen LogP contribution in [-0.2, 0) is 6.54 Å². The molecule has 0 saturated carbocycles. The molecule has 1 aromatic carbocycles. The van der Waals surface area contributed by atoms with Gasteiger partial charge in [-0.25, -0.2) is 4.98 Å². The van der Waals surface area contributed by atoms with Gasteiger partial charge < -0.3 is 16.0 Å². The van der Waals surface area contributed by atoms with Gasteiger partial charge >= 0.3 is 0 Å². The number of fused-ring (bicyclic) bond motifs is 1. The third-order valence-electron chi connectivity index (χ3n) is 2.98. The summed E-state index contributed by atoms with van der Waals surface area (Å²) in [5.41, 5.74) is 7.85. The monoisotopic (exact) mass is 286 g/mol. The van der Waals surface area contributed by atoms with E-state index in [1.54, 1.807) is 29.7 Å². The molecule has 6 heteroatoms. The number of nitrogens with two attached hydrogens (primary N) is 1. The smallest absolute Gasteiger partial charge is 0.268 e. The molecule has 0 radical (unpaired) electrons. The first kappa shape index (κ1) is 12.7. The van der Waals surface area contributed by atoms with Gasteiger partial charge in [-0.15, -0.1) is 11.3 Å². The number of anilines is 1. The summed E-state index contributed by atoms with van der Waals surface area (Å²) in [6, 6.07) is 7.32. The molecule has 0 aliphatic heterocycles. The first-order valence-electron chi connectivity index (χ1n) is 6.19. The highest BCUT2D eigenvalue weighted by Gasteiger charge is 2.10. The number of nitrogens with one attached hydrogen (secondary N) is 2. The molecular formula is C14H14N4OS. The number of nitrogens with zero attached hydrogens (tertiary/aromatic N) is 1. The highest BCUT2D eigenvalue weighted by molar-refractivity contribution is 7.11. The summed E-state index contributed by atoms with van der Waals surface area (Å²) in [6.45, 7) is 2.43. The van der Waals surface area contributed by atoms with E-state index in [2.05, 4.69) is 15.3 Å². The lowest BCUT2D eigenvalue weighted by Crippen LogP contribution is -2.22. The summed E-state index contributed by atoms with van der Waals surface area (Å²) in [5, 5.41) is 4.80. The molecule has 20 heavy (non-hydrogen) atoms. The SMILES string of the molecule is Cc1ncc(CNC(=O)c2cc3cc(N)ccc3[nH]2)s1. The second kappa shape index (κ2) is 4.97. The molecule has 3 rings (SSSR count). The van der Waals surface area contributed by atoms with Crippen LogP contribution >= 0.6 is 11.3 Å². The molecule has 1 amide bonds. The molecule has 0 bridgehead atoms. The summed E-state index contributed by atoms with van der Waals surface area (Å²) in [7, 11) is 0. The molecule has 0 aliphatic rings. The Hall–Kier alpha value is -2.34. The van der Waals surface area contributed by atoms with Crippen LogP contribution in [0, 0.1) is 6.92 Å². The molecule has 0 atom stereocenters. The number of aryl methyl sites for hydroxylation is 1. The zero-order valence-corrected chi connectivity index (χ0v) is 11.8. The predicted octanol–water partition coefficient (Wildman–Crippen LogP) is 2.45. The largest absolute Gasteiger partial charge is 0.399 e. The van der Waals surface area contributed by atoms with Crippen molar-refractivity contribution >= 4 is 33.8 Å². The first-order chi connectivity index (χ1) is 9.61. The van der Waals surface area contributed by atoms with E-state index < -0.39 is 0 Å². The molecule has 0 spiro atoms. The number of nitrogen functional groups attached to an aromatic ring is 1. The van der Waals surface area contributed by atoms with Gasteiger partial charge in [0.1, 0.15) is 5.69 Å². The molecule has 5 nitrogen and oxygen atoms in total. The number of H-pyrrole nitrogens is 1. The number of rotatable bonds is 3. The Morgan fingerprint density at radius 2 is 2.30 bits per heavy atom. The Morgan fingerprint density at radius 1 is 1.45 bits per heavy atom. The lowest BCUT2D eigenvalue weighted by molar-refractivity contribution is 0.0947. The third-order valence-corrected chi connectivity index (χ3v) is 3.89. The van der Waals surface area contributed by atoms with Crippen molar-refractivity contribution in [3.05, 3.63) is 46.0 Å². The van der Waals surface area contributed by atoms with Gasteiger partial charge in [-0.2, -0.15) is 0 Å². The van der Waals surface area contributed by atoms with Crippen molar-refractivity contribution in [2.45, 2.75) is 13.5 Å². The number of hydrogen-bond acceptors (Lipinski definition) is 4. The van der Waals surface area contributed by atoms with Crippen LogP contribution in [0.2, 0.25) is 0 Å². The van der Waals surface area contributed by atoms with Crippen molar-refractivity contribution < 1.29 is 4.79 Å². The topological polar surface area (TPSA) is 83.8 Å². The standard InChI is InChI=1S/C14H14N4OS/c1-8-16-6-11(20-8)7-17-14(19)13-5-9-4-10(15)2-3-12(9)18-13/h2-6,18H,7,15H2,1H3,(H,17,19). The third kappa shape index (κ3) is 2.50. The van der Waals surface area contributed by atoms with Gasteiger partial charge in [0.25, 0.3) is 5.91 Å². The summed E-state index contributed by atoms with van der Waals surface area (Å²) >= 11 is 1.58. The highest BCUT2D eigenvalue weighted by Crippen LogP contribution is 2.18. The van der Waals surface area contributed by atoms with Crippen LogP contribution in [0.1, 0.15) is 20.4 Å². The molecule has 2 heterocycles. The molecule has 0 aliphatic carbocycles. The molecule has 3 aromatic rings. The number of thiazole rings is 1. The summed E-state index contributed by atoms with van der Waals surface area (Å²) in [6.07, 6.45) is 1.78.